The molecule has 3 aromatic carbocycles. The fraction of sp³-hybridized carbons (Fsp3) is 0.321. The maximum atomic E-state index is 6.24. The summed E-state index contributed by atoms with van der Waals surface area (Å²) in [5.41, 5.74) is 7.41. The van der Waals surface area contributed by atoms with Crippen LogP contribution in [0.5, 0.6) is 17.2 Å². The molecule has 2 heterocycles. The number of benzene rings is 3. The van der Waals surface area contributed by atoms with E-state index in [1.54, 1.807) is 7.11 Å². The van der Waals surface area contributed by atoms with Crippen molar-refractivity contribution in [1.82, 2.24) is 0 Å². The van der Waals surface area contributed by atoms with Crippen LogP contribution in [0.25, 0.3) is 0 Å². The van der Waals surface area contributed by atoms with Crippen LogP contribution in [0.3, 0.4) is 0 Å². The third-order valence-corrected chi connectivity index (χ3v) is 6.97. The second-order valence-electron chi connectivity index (χ2n) is 8.89. The second kappa shape index (κ2) is 7.70. The lowest BCUT2D eigenvalue weighted by molar-refractivity contribution is 0.284. The van der Waals surface area contributed by atoms with Gasteiger partial charge in [0, 0.05) is 29.5 Å². The summed E-state index contributed by atoms with van der Waals surface area (Å²) in [5, 5.41) is 0. The van der Waals surface area contributed by atoms with Crippen LogP contribution in [-0.4, -0.2) is 26.0 Å². The minimum atomic E-state index is -0.0455. The molecular formula is C28H27NO3. The van der Waals surface area contributed by atoms with E-state index in [2.05, 4.69) is 42.5 Å². The summed E-state index contributed by atoms with van der Waals surface area (Å²) in [5.74, 6) is 2.65. The highest BCUT2D eigenvalue weighted by Gasteiger charge is 2.52. The van der Waals surface area contributed by atoms with Crippen LogP contribution in [0.15, 0.2) is 65.7 Å². The number of nitrogens with zero attached hydrogens (tertiary/aromatic N) is 1. The first-order valence-corrected chi connectivity index (χ1v) is 11.5. The molecule has 0 amide bonds. The lowest BCUT2D eigenvalue weighted by atomic mass is 9.81. The average molecular weight is 426 g/mol. The molecule has 0 saturated heterocycles. The molecule has 162 valence electrons. The Balaban J connectivity index is 1.39. The Hall–Kier alpha value is -3.27. The van der Waals surface area contributed by atoms with Gasteiger partial charge in [-0.15, -0.1) is 0 Å². The SMILES string of the molecule is COc1cc2c(cc1OCc1ccccc1)C(C1(c3cccc4c3OCC4)CC1)=NCC2. The summed E-state index contributed by atoms with van der Waals surface area (Å²) in [6.45, 7) is 2.10. The Kier molecular flexibility index (Phi) is 4.67. The van der Waals surface area contributed by atoms with Crippen LogP contribution in [0, 0.1) is 0 Å². The van der Waals surface area contributed by atoms with E-state index in [-0.39, 0.29) is 5.41 Å². The van der Waals surface area contributed by atoms with E-state index in [1.165, 1.54) is 28.0 Å². The number of fused-ring (bicyclic) bond motifs is 2. The van der Waals surface area contributed by atoms with Crippen molar-refractivity contribution in [3.63, 3.8) is 0 Å². The van der Waals surface area contributed by atoms with Gasteiger partial charge in [0.2, 0.25) is 0 Å². The molecule has 0 atom stereocenters. The van der Waals surface area contributed by atoms with Gasteiger partial charge in [-0.1, -0.05) is 48.5 Å². The standard InChI is InChI=1S/C28H27NO3/c1-30-24-16-21-10-14-29-27(22(21)17-25(24)32-18-19-6-3-2-4-7-19)28(12-13-28)23-9-5-8-20-11-15-31-26(20)23/h2-9,16-17H,10-15,18H2,1H3. The van der Waals surface area contributed by atoms with E-state index in [1.807, 2.05) is 18.2 Å². The molecule has 4 heteroatoms. The molecule has 0 radical (unpaired) electrons. The highest BCUT2D eigenvalue weighted by Crippen LogP contribution is 2.56. The van der Waals surface area contributed by atoms with Crippen molar-refractivity contribution < 1.29 is 14.2 Å². The molecule has 2 aliphatic heterocycles. The fourth-order valence-electron chi connectivity index (χ4n) is 5.17. The van der Waals surface area contributed by atoms with Gasteiger partial charge in [-0.2, -0.15) is 0 Å². The van der Waals surface area contributed by atoms with Crippen LogP contribution in [0.1, 0.15) is 40.7 Å². The van der Waals surface area contributed by atoms with Crippen LogP contribution < -0.4 is 14.2 Å². The Morgan fingerprint density at radius 1 is 0.938 bits per heavy atom. The summed E-state index contributed by atoms with van der Waals surface area (Å²) < 4.78 is 18.0. The van der Waals surface area contributed by atoms with Crippen LogP contribution >= 0.6 is 0 Å². The van der Waals surface area contributed by atoms with Gasteiger partial charge in [0.15, 0.2) is 11.5 Å². The predicted octanol–water partition coefficient (Wildman–Crippen LogP) is 5.29. The van der Waals surface area contributed by atoms with Crippen molar-refractivity contribution in [3.05, 3.63) is 88.5 Å². The summed E-state index contributed by atoms with van der Waals surface area (Å²) in [7, 11) is 1.71. The van der Waals surface area contributed by atoms with Crippen molar-refractivity contribution in [2.75, 3.05) is 20.3 Å². The normalized spacial score (nSPS) is 17.6. The zero-order valence-corrected chi connectivity index (χ0v) is 18.4. The first-order valence-electron chi connectivity index (χ1n) is 11.5. The minimum Gasteiger partial charge on any atom is -0.493 e. The predicted molar refractivity (Wildman–Crippen MR) is 125 cm³/mol. The molecule has 4 nitrogen and oxygen atoms in total. The topological polar surface area (TPSA) is 40.0 Å². The van der Waals surface area contributed by atoms with E-state index >= 15 is 0 Å². The molecule has 0 bridgehead atoms. The number of rotatable bonds is 6. The van der Waals surface area contributed by atoms with Gasteiger partial charge in [0.1, 0.15) is 12.4 Å². The largest absolute Gasteiger partial charge is 0.493 e. The molecule has 1 aliphatic carbocycles. The summed E-state index contributed by atoms with van der Waals surface area (Å²) >= 11 is 0. The fourth-order valence-corrected chi connectivity index (χ4v) is 5.17. The lowest BCUT2D eigenvalue weighted by Crippen LogP contribution is -2.27. The molecular weight excluding hydrogens is 398 g/mol. The molecule has 32 heavy (non-hydrogen) atoms. The van der Waals surface area contributed by atoms with Crippen molar-refractivity contribution in [3.8, 4) is 17.2 Å². The number of para-hydroxylation sites is 1. The molecule has 0 spiro atoms. The number of aliphatic imine (C=N–C) groups is 1. The van der Waals surface area contributed by atoms with Crippen molar-refractivity contribution in [2.45, 2.75) is 37.7 Å². The van der Waals surface area contributed by atoms with Gasteiger partial charge >= 0.3 is 0 Å². The summed E-state index contributed by atoms with van der Waals surface area (Å²) in [4.78, 5) is 5.09. The highest BCUT2D eigenvalue weighted by atomic mass is 16.5. The quantitative estimate of drug-likeness (QED) is 0.539. The Bertz CT molecular complexity index is 1190. The molecule has 3 aliphatic rings. The molecule has 0 aromatic heterocycles. The van der Waals surface area contributed by atoms with Gasteiger partial charge in [0.25, 0.3) is 0 Å². The van der Waals surface area contributed by atoms with Crippen molar-refractivity contribution in [1.29, 1.82) is 0 Å². The molecule has 1 fully saturated rings. The molecule has 6 rings (SSSR count). The van der Waals surface area contributed by atoms with E-state index in [0.29, 0.717) is 6.61 Å². The van der Waals surface area contributed by atoms with E-state index < -0.39 is 0 Å². The molecule has 0 N–H and O–H groups in total. The minimum absolute atomic E-state index is 0.0455. The third kappa shape index (κ3) is 3.17. The van der Waals surface area contributed by atoms with Crippen LogP contribution in [0.2, 0.25) is 0 Å². The van der Waals surface area contributed by atoms with Gasteiger partial charge < -0.3 is 14.2 Å². The Labute approximate surface area is 188 Å². The van der Waals surface area contributed by atoms with Gasteiger partial charge in [-0.3, -0.25) is 4.99 Å². The lowest BCUT2D eigenvalue weighted by Gasteiger charge is -2.27. The van der Waals surface area contributed by atoms with E-state index in [9.17, 15) is 0 Å². The van der Waals surface area contributed by atoms with E-state index in [4.69, 9.17) is 19.2 Å². The first kappa shape index (κ1) is 19.4. The van der Waals surface area contributed by atoms with Crippen LogP contribution in [-0.2, 0) is 24.9 Å². The van der Waals surface area contributed by atoms with Gasteiger partial charge in [0.05, 0.1) is 19.4 Å². The van der Waals surface area contributed by atoms with Gasteiger partial charge in [-0.05, 0) is 48.1 Å². The second-order valence-corrected chi connectivity index (χ2v) is 8.89. The molecule has 3 aromatic rings. The number of hydrogen-bond acceptors (Lipinski definition) is 4. The van der Waals surface area contributed by atoms with Crippen molar-refractivity contribution in [2.24, 2.45) is 4.99 Å². The van der Waals surface area contributed by atoms with Gasteiger partial charge in [-0.25, -0.2) is 0 Å². The number of hydrogen-bond donors (Lipinski definition) is 0. The molecule has 1 saturated carbocycles. The zero-order chi connectivity index (χ0) is 21.5. The Morgan fingerprint density at radius 2 is 1.81 bits per heavy atom. The maximum Gasteiger partial charge on any atom is 0.162 e. The zero-order valence-electron chi connectivity index (χ0n) is 18.4. The monoisotopic (exact) mass is 425 g/mol. The average Bonchev–Trinajstić information content (AvgIpc) is 3.50. The number of ether oxygens (including phenoxy) is 3. The maximum absolute atomic E-state index is 6.24. The molecule has 0 unspecified atom stereocenters. The number of methoxy groups -OCH3 is 1. The summed E-state index contributed by atoms with van der Waals surface area (Å²) in [6, 6.07) is 21.1. The Morgan fingerprint density at radius 3 is 2.62 bits per heavy atom. The smallest absolute Gasteiger partial charge is 0.162 e. The highest BCUT2D eigenvalue weighted by molar-refractivity contribution is 6.12. The van der Waals surface area contributed by atoms with Crippen LogP contribution in [0.4, 0.5) is 0 Å². The first-order chi connectivity index (χ1) is 15.8. The third-order valence-electron chi connectivity index (χ3n) is 6.97. The summed E-state index contributed by atoms with van der Waals surface area (Å²) in [6.07, 6.45) is 4.14. The van der Waals surface area contributed by atoms with Crippen molar-refractivity contribution >= 4 is 5.71 Å². The van der Waals surface area contributed by atoms with E-state index in [0.717, 1.165) is 61.6 Å².